The van der Waals surface area contributed by atoms with E-state index in [4.69, 9.17) is 5.73 Å². The lowest BCUT2D eigenvalue weighted by molar-refractivity contribution is 0.891. The molecule has 14 heavy (non-hydrogen) atoms. The van der Waals surface area contributed by atoms with Crippen molar-refractivity contribution in [1.82, 2.24) is 0 Å². The van der Waals surface area contributed by atoms with Crippen molar-refractivity contribution in [3.05, 3.63) is 44.3 Å². The van der Waals surface area contributed by atoms with Crippen LogP contribution in [0, 0.1) is 6.92 Å². The fraction of sp³-hybridized carbons (Fsp3) is 0.200. The maximum absolute atomic E-state index is 6.12. The van der Waals surface area contributed by atoms with E-state index in [2.05, 4.69) is 35.2 Å². The number of hydrogen-bond acceptors (Lipinski definition) is 3. The van der Waals surface area contributed by atoms with Crippen molar-refractivity contribution in [2.24, 2.45) is 5.73 Å². The van der Waals surface area contributed by atoms with Crippen LogP contribution in [0.2, 0.25) is 0 Å². The summed E-state index contributed by atoms with van der Waals surface area (Å²) in [5.74, 6) is 0. The molecule has 1 atom stereocenters. The number of thiophene rings is 2. The molecule has 0 spiro atoms. The molecule has 0 bridgehead atoms. The molecule has 0 radical (unpaired) electrons. The zero-order valence-electron chi connectivity index (χ0n) is 7.77. The zero-order chi connectivity index (χ0) is 9.26. The fourth-order valence-corrected chi connectivity index (χ4v) is 2.96. The van der Waals surface area contributed by atoms with Gasteiger partial charge in [0, 0.05) is 4.88 Å². The highest BCUT2D eigenvalue weighted by Crippen LogP contribution is 2.28. The minimum absolute atomic E-state index is 0. The zero-order valence-corrected chi connectivity index (χ0v) is 10.2. The van der Waals surface area contributed by atoms with Crippen molar-refractivity contribution >= 4 is 35.1 Å². The van der Waals surface area contributed by atoms with E-state index in [1.54, 1.807) is 22.7 Å². The molecule has 2 aromatic rings. The average molecular weight is 246 g/mol. The first-order valence-corrected chi connectivity index (χ1v) is 5.93. The first-order chi connectivity index (χ1) is 6.29. The maximum Gasteiger partial charge on any atom is 0.0656 e. The minimum Gasteiger partial charge on any atom is -0.320 e. The van der Waals surface area contributed by atoms with Gasteiger partial charge in [-0.1, -0.05) is 0 Å². The summed E-state index contributed by atoms with van der Waals surface area (Å²) in [6, 6.07) is 4.27. The number of hydrogen-bond donors (Lipinski definition) is 1. The Morgan fingerprint density at radius 3 is 2.57 bits per heavy atom. The molecule has 76 valence electrons. The molecule has 2 rings (SSSR count). The van der Waals surface area contributed by atoms with Crippen LogP contribution in [-0.4, -0.2) is 0 Å². The quantitative estimate of drug-likeness (QED) is 0.860. The van der Waals surface area contributed by atoms with Gasteiger partial charge in [-0.2, -0.15) is 11.3 Å². The smallest absolute Gasteiger partial charge is 0.0656 e. The number of aryl methyl sites for hydroxylation is 1. The molecule has 0 saturated carbocycles. The molecule has 0 aliphatic carbocycles. The van der Waals surface area contributed by atoms with Crippen LogP contribution in [0.3, 0.4) is 0 Å². The van der Waals surface area contributed by atoms with Gasteiger partial charge in [-0.05, 0) is 46.3 Å². The second kappa shape index (κ2) is 4.94. The Labute approximate surface area is 98.0 Å². The molecule has 0 unspecified atom stereocenters. The molecule has 0 saturated heterocycles. The monoisotopic (exact) mass is 245 g/mol. The van der Waals surface area contributed by atoms with E-state index in [0.717, 1.165) is 0 Å². The van der Waals surface area contributed by atoms with Crippen LogP contribution < -0.4 is 5.73 Å². The summed E-state index contributed by atoms with van der Waals surface area (Å²) >= 11 is 3.43. The van der Waals surface area contributed by atoms with Crippen LogP contribution in [0.25, 0.3) is 0 Å². The standard InChI is InChI=1S/C10H11NS2.ClH/c1-7-2-5-13-10(7)9(11)8-3-4-12-6-8;/h2-6,9H,11H2,1H3;1H/t9-;/m1./s1. The van der Waals surface area contributed by atoms with E-state index < -0.39 is 0 Å². The van der Waals surface area contributed by atoms with Crippen LogP contribution in [0.1, 0.15) is 22.0 Å². The summed E-state index contributed by atoms with van der Waals surface area (Å²) < 4.78 is 0. The second-order valence-corrected chi connectivity index (χ2v) is 4.73. The molecule has 2 heterocycles. The van der Waals surface area contributed by atoms with Crippen LogP contribution >= 0.6 is 35.1 Å². The van der Waals surface area contributed by atoms with E-state index >= 15 is 0 Å². The van der Waals surface area contributed by atoms with Crippen LogP contribution in [0.4, 0.5) is 0 Å². The highest BCUT2D eigenvalue weighted by molar-refractivity contribution is 7.10. The number of nitrogens with two attached hydrogens (primary N) is 1. The van der Waals surface area contributed by atoms with E-state index in [-0.39, 0.29) is 18.4 Å². The first kappa shape index (κ1) is 11.7. The van der Waals surface area contributed by atoms with Crippen LogP contribution in [-0.2, 0) is 0 Å². The Bertz CT molecular complexity index is 380. The third-order valence-corrected chi connectivity index (χ3v) is 3.89. The predicted molar refractivity (Wildman–Crippen MR) is 66.7 cm³/mol. The SMILES string of the molecule is Cc1ccsc1[C@H](N)c1ccsc1.Cl. The molecule has 0 aliphatic heterocycles. The summed E-state index contributed by atoms with van der Waals surface area (Å²) in [6.07, 6.45) is 0. The molecule has 2 N–H and O–H groups in total. The van der Waals surface area contributed by atoms with Crippen molar-refractivity contribution in [2.45, 2.75) is 13.0 Å². The highest BCUT2D eigenvalue weighted by atomic mass is 35.5. The Morgan fingerprint density at radius 2 is 2.07 bits per heavy atom. The van der Waals surface area contributed by atoms with Gasteiger partial charge >= 0.3 is 0 Å². The van der Waals surface area contributed by atoms with Crippen LogP contribution in [0.15, 0.2) is 28.3 Å². The largest absolute Gasteiger partial charge is 0.320 e. The van der Waals surface area contributed by atoms with Crippen molar-refractivity contribution < 1.29 is 0 Å². The fourth-order valence-electron chi connectivity index (χ4n) is 1.31. The molecular formula is C10H12ClNS2. The molecule has 0 aliphatic rings. The minimum atomic E-state index is 0. The van der Waals surface area contributed by atoms with Gasteiger partial charge in [-0.3, -0.25) is 0 Å². The first-order valence-electron chi connectivity index (χ1n) is 4.10. The predicted octanol–water partition coefficient (Wildman–Crippen LogP) is 3.59. The molecule has 0 amide bonds. The van der Waals surface area contributed by atoms with E-state index in [0.29, 0.717) is 0 Å². The molecule has 0 fully saturated rings. The highest BCUT2D eigenvalue weighted by Gasteiger charge is 2.12. The van der Waals surface area contributed by atoms with Crippen molar-refractivity contribution in [3.63, 3.8) is 0 Å². The summed E-state index contributed by atoms with van der Waals surface area (Å²) in [4.78, 5) is 1.28. The lowest BCUT2D eigenvalue weighted by atomic mass is 10.1. The molecular weight excluding hydrogens is 234 g/mol. The van der Waals surface area contributed by atoms with Gasteiger partial charge in [0.05, 0.1) is 6.04 Å². The van der Waals surface area contributed by atoms with Gasteiger partial charge in [-0.25, -0.2) is 0 Å². The van der Waals surface area contributed by atoms with Gasteiger partial charge in [0.1, 0.15) is 0 Å². The Balaban J connectivity index is 0.000000980. The molecule has 1 nitrogen and oxygen atoms in total. The average Bonchev–Trinajstić information content (AvgIpc) is 2.72. The van der Waals surface area contributed by atoms with Gasteiger partial charge in [0.2, 0.25) is 0 Å². The number of halogens is 1. The van der Waals surface area contributed by atoms with Crippen molar-refractivity contribution in [1.29, 1.82) is 0 Å². The molecule has 2 aromatic heterocycles. The van der Waals surface area contributed by atoms with Gasteiger partial charge in [0.15, 0.2) is 0 Å². The number of rotatable bonds is 2. The Kier molecular flexibility index (Phi) is 4.13. The third kappa shape index (κ3) is 2.17. The van der Waals surface area contributed by atoms with Crippen LogP contribution in [0.5, 0.6) is 0 Å². The van der Waals surface area contributed by atoms with E-state index in [1.165, 1.54) is 16.0 Å². The summed E-state index contributed by atoms with van der Waals surface area (Å²) in [5, 5.41) is 6.28. The lowest BCUT2D eigenvalue weighted by Gasteiger charge is -2.08. The van der Waals surface area contributed by atoms with Crippen molar-refractivity contribution in [2.75, 3.05) is 0 Å². The normalized spacial score (nSPS) is 12.1. The van der Waals surface area contributed by atoms with E-state index in [1.807, 2.05) is 0 Å². The van der Waals surface area contributed by atoms with Crippen molar-refractivity contribution in [3.8, 4) is 0 Å². The maximum atomic E-state index is 6.12. The summed E-state index contributed by atoms with van der Waals surface area (Å²) in [5.41, 5.74) is 8.64. The summed E-state index contributed by atoms with van der Waals surface area (Å²) in [6.45, 7) is 2.11. The molecule has 0 aromatic carbocycles. The Hall–Kier alpha value is -0.350. The summed E-state index contributed by atoms with van der Waals surface area (Å²) in [7, 11) is 0. The second-order valence-electron chi connectivity index (χ2n) is 3.00. The van der Waals surface area contributed by atoms with E-state index in [9.17, 15) is 0 Å². The van der Waals surface area contributed by atoms with Gasteiger partial charge in [0.25, 0.3) is 0 Å². The van der Waals surface area contributed by atoms with Gasteiger partial charge < -0.3 is 5.73 Å². The third-order valence-electron chi connectivity index (χ3n) is 2.09. The van der Waals surface area contributed by atoms with Gasteiger partial charge in [-0.15, -0.1) is 23.7 Å². The molecule has 4 heteroatoms. The Morgan fingerprint density at radius 1 is 1.29 bits per heavy atom. The topological polar surface area (TPSA) is 26.0 Å². The lowest BCUT2D eigenvalue weighted by Crippen LogP contribution is -2.09.